The van der Waals surface area contributed by atoms with Gasteiger partial charge in [-0.3, -0.25) is 9.13 Å². The van der Waals surface area contributed by atoms with Gasteiger partial charge in [-0.15, -0.1) is 0 Å². The van der Waals surface area contributed by atoms with Crippen LogP contribution in [0.25, 0.3) is 33.4 Å². The third kappa shape index (κ3) is 3.97. The summed E-state index contributed by atoms with van der Waals surface area (Å²) in [5.41, 5.74) is 5.25. The van der Waals surface area contributed by atoms with Crippen LogP contribution in [-0.4, -0.2) is 27.4 Å². The summed E-state index contributed by atoms with van der Waals surface area (Å²) in [5, 5.41) is 22.6. The number of hydrogen-bond donors (Lipinski definition) is 2. The first-order chi connectivity index (χ1) is 17.8. The van der Waals surface area contributed by atoms with E-state index in [0.717, 1.165) is 27.8 Å². The molecule has 6 rings (SSSR count). The minimum Gasteiger partial charge on any atom is -0.513 e. The van der Waals surface area contributed by atoms with Crippen LogP contribution in [0.5, 0.6) is 11.5 Å². The zero-order chi connectivity index (χ0) is 25.7. The Morgan fingerprint density at radius 2 is 1.41 bits per heavy atom. The molecule has 0 amide bonds. The van der Waals surface area contributed by atoms with E-state index in [1.54, 1.807) is 12.1 Å². The van der Waals surface area contributed by atoms with Crippen molar-refractivity contribution in [1.82, 2.24) is 9.13 Å². The molecule has 2 N–H and O–H groups in total. The number of rotatable bonds is 5. The molecule has 0 aliphatic heterocycles. The first-order valence-corrected chi connectivity index (χ1v) is 15.8. The SMILES string of the molecule is C[Si](C)(C)c1ccc(O)c(-[n+]2[c-]n(C[n+]3[c-]n(-c4ccccc4O)c4ccccc43)c3ccccc32)c1. The molecule has 2 heterocycles. The molecule has 184 valence electrons. The normalized spacial score (nSPS) is 12.0. The van der Waals surface area contributed by atoms with Gasteiger partial charge in [-0.05, 0) is 12.1 Å². The zero-order valence-electron chi connectivity index (χ0n) is 21.1. The fourth-order valence-electron chi connectivity index (χ4n) is 4.77. The fourth-order valence-corrected chi connectivity index (χ4v) is 5.92. The van der Waals surface area contributed by atoms with Crippen molar-refractivity contribution in [3.05, 3.63) is 104 Å². The number of benzene rings is 4. The van der Waals surface area contributed by atoms with Crippen LogP contribution in [0.3, 0.4) is 0 Å². The van der Waals surface area contributed by atoms with Crippen LogP contribution in [0, 0.1) is 12.7 Å². The second-order valence-corrected chi connectivity index (χ2v) is 15.4. The number of phenolic OH excluding ortho intramolecular Hbond substituents is 2. The molecule has 0 radical (unpaired) electrons. The molecule has 0 bridgehead atoms. The molecule has 0 aliphatic rings. The Hall–Kier alpha value is -4.36. The van der Waals surface area contributed by atoms with Crippen molar-refractivity contribution in [2.24, 2.45) is 0 Å². The van der Waals surface area contributed by atoms with Crippen LogP contribution < -0.4 is 14.3 Å². The van der Waals surface area contributed by atoms with Crippen molar-refractivity contribution in [3.8, 4) is 22.9 Å². The molecule has 0 aliphatic carbocycles. The van der Waals surface area contributed by atoms with Crippen LogP contribution in [0.4, 0.5) is 0 Å². The number of imidazole rings is 2. The fraction of sp³-hybridized carbons (Fsp3) is 0.133. The van der Waals surface area contributed by atoms with E-state index in [4.69, 9.17) is 0 Å². The maximum atomic E-state index is 10.8. The first kappa shape index (κ1) is 23.1. The maximum absolute atomic E-state index is 10.8. The van der Waals surface area contributed by atoms with E-state index >= 15 is 0 Å². The third-order valence-corrected chi connectivity index (χ3v) is 8.80. The highest BCUT2D eigenvalue weighted by atomic mass is 28.3. The Bertz CT molecular complexity index is 1780. The van der Waals surface area contributed by atoms with Gasteiger partial charge in [0, 0.05) is 0 Å². The minimum atomic E-state index is -1.58. The number of para-hydroxylation sites is 6. The van der Waals surface area contributed by atoms with Crippen LogP contribution in [-0.2, 0) is 6.67 Å². The van der Waals surface area contributed by atoms with Gasteiger partial charge in [0.1, 0.15) is 11.5 Å². The maximum Gasteiger partial charge on any atom is 0.247 e. The molecule has 6 nitrogen and oxygen atoms in total. The van der Waals surface area contributed by atoms with E-state index < -0.39 is 8.07 Å². The van der Waals surface area contributed by atoms with Gasteiger partial charge in [-0.1, -0.05) is 104 Å². The second-order valence-electron chi connectivity index (χ2n) is 10.3. The first-order valence-electron chi connectivity index (χ1n) is 12.3. The zero-order valence-corrected chi connectivity index (χ0v) is 22.1. The number of aromatic hydroxyl groups is 2. The summed E-state index contributed by atoms with van der Waals surface area (Å²) in [7, 11) is -1.58. The lowest BCUT2D eigenvalue weighted by Crippen LogP contribution is -2.40. The molecule has 4 aromatic carbocycles. The van der Waals surface area contributed by atoms with E-state index in [1.807, 2.05) is 85.0 Å². The Morgan fingerprint density at radius 1 is 0.730 bits per heavy atom. The summed E-state index contributed by atoms with van der Waals surface area (Å²) in [6, 6.07) is 29.3. The minimum absolute atomic E-state index is 0.195. The molecule has 0 unspecified atom stereocenters. The molecule has 0 fully saturated rings. The van der Waals surface area contributed by atoms with Gasteiger partial charge in [-0.25, -0.2) is 0 Å². The van der Waals surface area contributed by atoms with Gasteiger partial charge in [0.25, 0.3) is 0 Å². The average Bonchev–Trinajstić information content (AvgIpc) is 3.43. The molecule has 7 heteroatoms. The van der Waals surface area contributed by atoms with E-state index in [0.29, 0.717) is 12.4 Å². The summed E-state index contributed by atoms with van der Waals surface area (Å²) in [6.07, 6.45) is 6.92. The quantitative estimate of drug-likeness (QED) is 0.210. The highest BCUT2D eigenvalue weighted by Crippen LogP contribution is 2.25. The molecular formula is C30H28N4O2Si. The second kappa shape index (κ2) is 8.64. The summed E-state index contributed by atoms with van der Waals surface area (Å²) in [6.45, 7) is 7.35. The number of fused-ring (bicyclic) bond motifs is 2. The molecule has 0 spiro atoms. The average molecular weight is 505 g/mol. The van der Waals surface area contributed by atoms with Crippen LogP contribution in [0.1, 0.15) is 0 Å². The number of hydrogen-bond acceptors (Lipinski definition) is 2. The van der Waals surface area contributed by atoms with Crippen LogP contribution >= 0.6 is 0 Å². The van der Waals surface area contributed by atoms with E-state index in [-0.39, 0.29) is 11.5 Å². The topological polar surface area (TPSA) is 58.1 Å². The Labute approximate surface area is 216 Å². The van der Waals surface area contributed by atoms with Gasteiger partial charge in [0.2, 0.25) is 12.7 Å². The molecule has 0 saturated carbocycles. The monoisotopic (exact) mass is 504 g/mol. The number of nitrogens with zero attached hydrogens (tertiary/aromatic N) is 4. The van der Waals surface area contributed by atoms with Gasteiger partial charge in [0.15, 0.2) is 6.67 Å². The highest BCUT2D eigenvalue weighted by Gasteiger charge is 2.20. The van der Waals surface area contributed by atoms with E-state index in [2.05, 4.69) is 44.4 Å². The molecular weight excluding hydrogens is 476 g/mol. The lowest BCUT2D eigenvalue weighted by Gasteiger charge is -2.19. The Morgan fingerprint density at radius 3 is 2.16 bits per heavy atom. The van der Waals surface area contributed by atoms with Gasteiger partial charge < -0.3 is 19.3 Å². The van der Waals surface area contributed by atoms with E-state index in [1.165, 1.54) is 5.19 Å². The summed E-state index contributed by atoms with van der Waals surface area (Å²) >= 11 is 0. The number of phenols is 2. The molecule has 37 heavy (non-hydrogen) atoms. The molecule has 2 aromatic heterocycles. The van der Waals surface area contributed by atoms with Crippen molar-refractivity contribution >= 4 is 35.3 Å². The van der Waals surface area contributed by atoms with Gasteiger partial charge in [0.05, 0.1) is 41.5 Å². The van der Waals surface area contributed by atoms with E-state index in [9.17, 15) is 10.2 Å². The summed E-state index contributed by atoms with van der Waals surface area (Å²) in [5.74, 6) is 0.418. The predicted molar refractivity (Wildman–Crippen MR) is 146 cm³/mol. The van der Waals surface area contributed by atoms with Crippen LogP contribution in [0.15, 0.2) is 91.0 Å². The van der Waals surface area contributed by atoms with Crippen molar-refractivity contribution in [1.29, 1.82) is 0 Å². The Kier molecular flexibility index (Phi) is 5.38. The van der Waals surface area contributed by atoms with Crippen LogP contribution in [0.2, 0.25) is 19.6 Å². The molecule has 0 saturated heterocycles. The van der Waals surface area contributed by atoms with Crippen molar-refractivity contribution in [2.45, 2.75) is 26.3 Å². The molecule has 0 atom stereocenters. The highest BCUT2D eigenvalue weighted by molar-refractivity contribution is 6.88. The Balaban J connectivity index is 1.51. The van der Waals surface area contributed by atoms with Gasteiger partial charge >= 0.3 is 0 Å². The lowest BCUT2D eigenvalue weighted by atomic mass is 10.2. The summed E-state index contributed by atoms with van der Waals surface area (Å²) in [4.78, 5) is 0. The van der Waals surface area contributed by atoms with Gasteiger partial charge in [-0.2, -0.15) is 0 Å². The molecule has 6 aromatic rings. The summed E-state index contributed by atoms with van der Waals surface area (Å²) < 4.78 is 7.88. The van der Waals surface area contributed by atoms with Crippen molar-refractivity contribution in [2.75, 3.05) is 0 Å². The largest absolute Gasteiger partial charge is 0.513 e. The smallest absolute Gasteiger partial charge is 0.247 e. The number of aromatic nitrogens is 4. The lowest BCUT2D eigenvalue weighted by molar-refractivity contribution is -0.682. The van der Waals surface area contributed by atoms with Crippen molar-refractivity contribution < 1.29 is 19.3 Å². The predicted octanol–water partition coefficient (Wildman–Crippen LogP) is 4.21. The van der Waals surface area contributed by atoms with Crippen molar-refractivity contribution in [3.63, 3.8) is 0 Å². The standard InChI is InChI=1S/C30H28N4O2Si/c1-37(2,3)22-16-17-30(36)28(18-22)34-21-32(24-11-5-7-13-26(24)34)19-31-20-33(25-12-6-4-10-23(25)31)27-14-8-9-15-29(27)35/h4-18,35-36H,19H2,1-3H3. The third-order valence-electron chi connectivity index (χ3n) is 6.76.